The summed E-state index contributed by atoms with van der Waals surface area (Å²) in [5.74, 6) is 0.972. The molecule has 2 saturated carbocycles. The van der Waals surface area contributed by atoms with Gasteiger partial charge < -0.3 is 0 Å². The number of fused-ring (bicyclic) bond motifs is 2. The van der Waals surface area contributed by atoms with E-state index < -0.39 is 0 Å². The maximum Gasteiger partial charge on any atom is 0.137 e. The number of Topliss-reactive ketones (excluding diaryl/α,β-unsaturated/α-hetero) is 1. The van der Waals surface area contributed by atoms with Gasteiger partial charge in [-0.1, -0.05) is 72.8 Å². The van der Waals surface area contributed by atoms with Gasteiger partial charge in [0.1, 0.15) is 5.78 Å². The molecule has 0 heterocycles. The minimum Gasteiger partial charge on any atom is -0.299 e. The van der Waals surface area contributed by atoms with Gasteiger partial charge in [0, 0.05) is 23.7 Å². The Kier molecular flexibility index (Phi) is 2.58. The first-order valence-electron chi connectivity index (χ1n) is 8.38. The third kappa shape index (κ3) is 1.65. The quantitative estimate of drug-likeness (QED) is 0.660. The van der Waals surface area contributed by atoms with Gasteiger partial charge >= 0.3 is 0 Å². The summed E-state index contributed by atoms with van der Waals surface area (Å²) in [6, 6.07) is 25.7. The molecule has 1 heteroatoms. The maximum absolute atomic E-state index is 12.5. The molecule has 2 fully saturated rings. The van der Waals surface area contributed by atoms with Crippen molar-refractivity contribution in [2.24, 2.45) is 5.92 Å². The largest absolute Gasteiger partial charge is 0.299 e. The summed E-state index contributed by atoms with van der Waals surface area (Å²) in [7, 11) is 0. The van der Waals surface area contributed by atoms with Gasteiger partial charge in [0.05, 0.1) is 0 Å². The highest BCUT2D eigenvalue weighted by molar-refractivity contribution is 5.95. The van der Waals surface area contributed by atoms with Crippen LogP contribution in [-0.2, 0) is 10.2 Å². The van der Waals surface area contributed by atoms with Crippen molar-refractivity contribution in [2.45, 2.75) is 24.2 Å². The van der Waals surface area contributed by atoms with E-state index in [-0.39, 0.29) is 11.3 Å². The highest BCUT2D eigenvalue weighted by atomic mass is 16.1. The Morgan fingerprint density at radius 2 is 1.52 bits per heavy atom. The molecule has 5 rings (SSSR count). The van der Waals surface area contributed by atoms with Crippen LogP contribution in [0, 0.1) is 5.92 Å². The van der Waals surface area contributed by atoms with Crippen molar-refractivity contribution in [3.05, 3.63) is 83.9 Å². The van der Waals surface area contributed by atoms with E-state index >= 15 is 0 Å². The zero-order valence-corrected chi connectivity index (χ0v) is 12.9. The van der Waals surface area contributed by atoms with Gasteiger partial charge in [-0.15, -0.1) is 0 Å². The predicted octanol–water partition coefficient (Wildman–Crippen LogP) is 4.85. The van der Waals surface area contributed by atoms with E-state index in [1.165, 1.54) is 21.9 Å². The summed E-state index contributed by atoms with van der Waals surface area (Å²) in [5.41, 5.74) is 2.74. The lowest BCUT2D eigenvalue weighted by Gasteiger charge is -2.16. The highest BCUT2D eigenvalue weighted by Crippen LogP contribution is 2.72. The van der Waals surface area contributed by atoms with Crippen molar-refractivity contribution in [3.8, 4) is 0 Å². The summed E-state index contributed by atoms with van der Waals surface area (Å²) in [6.45, 7) is 0. The molecule has 0 aromatic heterocycles. The van der Waals surface area contributed by atoms with Gasteiger partial charge in [-0.3, -0.25) is 4.79 Å². The normalized spacial score (nSPS) is 28.8. The molecule has 0 N–H and O–H groups in total. The lowest BCUT2D eigenvalue weighted by molar-refractivity contribution is -0.119. The van der Waals surface area contributed by atoms with Crippen LogP contribution in [0.2, 0.25) is 0 Å². The predicted molar refractivity (Wildman–Crippen MR) is 92.5 cm³/mol. The summed E-state index contributed by atoms with van der Waals surface area (Å²) in [6.07, 6.45) is 1.73. The number of hydrogen-bond donors (Lipinski definition) is 0. The van der Waals surface area contributed by atoms with Gasteiger partial charge in [-0.05, 0) is 28.3 Å². The maximum atomic E-state index is 12.5. The van der Waals surface area contributed by atoms with Crippen LogP contribution in [0.25, 0.3) is 10.8 Å². The van der Waals surface area contributed by atoms with Gasteiger partial charge in [0.2, 0.25) is 0 Å². The molecule has 1 nitrogen and oxygen atoms in total. The van der Waals surface area contributed by atoms with Gasteiger partial charge in [-0.2, -0.15) is 0 Å². The molecule has 0 radical (unpaired) electrons. The summed E-state index contributed by atoms with van der Waals surface area (Å²) in [4.78, 5) is 12.5. The Balaban J connectivity index is 1.70. The smallest absolute Gasteiger partial charge is 0.137 e. The second-order valence-corrected chi connectivity index (χ2v) is 6.90. The Morgan fingerprint density at radius 1 is 0.783 bits per heavy atom. The Hall–Kier alpha value is -2.41. The molecular weight excluding hydrogens is 280 g/mol. The molecule has 3 aromatic carbocycles. The first-order valence-corrected chi connectivity index (χ1v) is 8.38. The fraction of sp³-hybridized carbons (Fsp3) is 0.227. The average molecular weight is 298 g/mol. The number of carbonyl (C=O) groups is 1. The molecule has 3 atom stereocenters. The highest BCUT2D eigenvalue weighted by Gasteiger charge is 2.71. The van der Waals surface area contributed by atoms with Gasteiger partial charge in [0.25, 0.3) is 0 Å². The number of benzene rings is 3. The topological polar surface area (TPSA) is 17.1 Å². The summed E-state index contributed by atoms with van der Waals surface area (Å²) in [5, 5.41) is 2.57. The molecule has 0 aliphatic heterocycles. The molecule has 0 amide bonds. The molecule has 1 unspecified atom stereocenters. The number of hydrogen-bond acceptors (Lipinski definition) is 1. The van der Waals surface area contributed by atoms with E-state index in [1.807, 2.05) is 0 Å². The SMILES string of the molecule is O=C1CC[C@@]2(c3ccccc3)C1[C@H]2c1cccc2ccccc12. The Labute approximate surface area is 136 Å². The van der Waals surface area contributed by atoms with Crippen molar-refractivity contribution in [1.82, 2.24) is 0 Å². The first-order chi connectivity index (χ1) is 11.3. The fourth-order valence-corrected chi connectivity index (χ4v) is 4.94. The molecule has 2 aliphatic carbocycles. The van der Waals surface area contributed by atoms with Crippen molar-refractivity contribution >= 4 is 16.6 Å². The molecule has 0 bridgehead atoms. The number of rotatable bonds is 2. The standard InChI is InChI=1S/C22H18O/c23-19-13-14-22(16-9-2-1-3-10-16)20(21(19)22)18-12-6-8-15-7-4-5-11-17(15)18/h1-12,20-21H,13-14H2/t20-,21?,22+/m1/s1. The Morgan fingerprint density at radius 3 is 2.39 bits per heavy atom. The minimum atomic E-state index is 0.0441. The van der Waals surface area contributed by atoms with Crippen LogP contribution in [-0.4, -0.2) is 5.78 Å². The lowest BCUT2D eigenvalue weighted by atomic mass is 9.87. The monoisotopic (exact) mass is 298 g/mol. The van der Waals surface area contributed by atoms with Crippen LogP contribution in [0.15, 0.2) is 72.8 Å². The average Bonchev–Trinajstić information content (AvgIpc) is 3.18. The van der Waals surface area contributed by atoms with Gasteiger partial charge in [0.15, 0.2) is 0 Å². The van der Waals surface area contributed by atoms with Crippen molar-refractivity contribution < 1.29 is 4.79 Å². The third-order valence-corrected chi connectivity index (χ3v) is 5.94. The molecular formula is C22H18O. The van der Waals surface area contributed by atoms with Gasteiger partial charge in [-0.25, -0.2) is 0 Å². The lowest BCUT2D eigenvalue weighted by Crippen LogP contribution is -2.08. The van der Waals surface area contributed by atoms with Crippen LogP contribution >= 0.6 is 0 Å². The number of ketones is 1. The van der Waals surface area contributed by atoms with Crippen LogP contribution in [0.5, 0.6) is 0 Å². The molecule has 0 spiro atoms. The van der Waals surface area contributed by atoms with Crippen LogP contribution in [0.3, 0.4) is 0 Å². The molecule has 3 aromatic rings. The van der Waals surface area contributed by atoms with E-state index in [2.05, 4.69) is 72.8 Å². The zero-order valence-electron chi connectivity index (χ0n) is 12.9. The zero-order chi connectivity index (χ0) is 15.4. The van der Waals surface area contributed by atoms with E-state index in [1.54, 1.807) is 0 Å². The first kappa shape index (κ1) is 13.1. The van der Waals surface area contributed by atoms with E-state index in [0.717, 1.165) is 12.8 Å². The molecule has 112 valence electrons. The second kappa shape index (κ2) is 4.55. The molecule has 0 saturated heterocycles. The van der Waals surface area contributed by atoms with Crippen molar-refractivity contribution in [2.75, 3.05) is 0 Å². The van der Waals surface area contributed by atoms with E-state index in [4.69, 9.17) is 0 Å². The molecule has 23 heavy (non-hydrogen) atoms. The fourth-order valence-electron chi connectivity index (χ4n) is 4.94. The summed E-state index contributed by atoms with van der Waals surface area (Å²) < 4.78 is 0. The molecule has 2 aliphatic rings. The third-order valence-electron chi connectivity index (χ3n) is 5.94. The van der Waals surface area contributed by atoms with Crippen molar-refractivity contribution in [3.63, 3.8) is 0 Å². The number of carbonyl (C=O) groups excluding carboxylic acids is 1. The van der Waals surface area contributed by atoms with E-state index in [9.17, 15) is 4.79 Å². The second-order valence-electron chi connectivity index (χ2n) is 6.90. The Bertz CT molecular complexity index is 906. The van der Waals surface area contributed by atoms with Crippen LogP contribution in [0.1, 0.15) is 29.9 Å². The van der Waals surface area contributed by atoms with E-state index in [0.29, 0.717) is 11.7 Å². The van der Waals surface area contributed by atoms with Crippen LogP contribution in [0.4, 0.5) is 0 Å². The minimum absolute atomic E-state index is 0.0441. The van der Waals surface area contributed by atoms with Crippen molar-refractivity contribution in [1.29, 1.82) is 0 Å². The summed E-state index contributed by atoms with van der Waals surface area (Å²) >= 11 is 0. The van der Waals surface area contributed by atoms with Crippen LogP contribution < -0.4 is 0 Å².